The van der Waals surface area contributed by atoms with Crippen molar-refractivity contribution in [1.82, 2.24) is 4.98 Å². The molecule has 146 valence electrons. The molecule has 0 fully saturated rings. The largest absolute Gasteiger partial charge is 0.456 e. The Kier molecular flexibility index (Phi) is 3.27. The van der Waals surface area contributed by atoms with Gasteiger partial charge in [0.25, 0.3) is 0 Å². The molecule has 0 aliphatic rings. The first-order valence-corrected chi connectivity index (χ1v) is 10.4. The first-order chi connectivity index (χ1) is 15.3. The number of H-pyrrole nitrogens is 1. The van der Waals surface area contributed by atoms with Gasteiger partial charge in [-0.25, -0.2) is 0 Å². The summed E-state index contributed by atoms with van der Waals surface area (Å²) < 4.78 is 12.6. The number of fused-ring (bicyclic) bond motifs is 5. The molecule has 0 radical (unpaired) electrons. The zero-order valence-corrected chi connectivity index (χ0v) is 16.6. The van der Waals surface area contributed by atoms with Crippen molar-refractivity contribution in [3.8, 4) is 22.6 Å². The lowest BCUT2D eigenvalue weighted by atomic mass is 9.98. The van der Waals surface area contributed by atoms with Gasteiger partial charge in [0.1, 0.15) is 22.7 Å². The van der Waals surface area contributed by atoms with Crippen molar-refractivity contribution in [2.45, 2.75) is 0 Å². The third kappa shape index (κ3) is 2.41. The van der Waals surface area contributed by atoms with Gasteiger partial charge in [-0.2, -0.15) is 0 Å². The Bertz CT molecular complexity index is 1680. The monoisotopic (exact) mass is 399 g/mol. The Morgan fingerprint density at radius 3 is 1.97 bits per heavy atom. The van der Waals surface area contributed by atoms with Gasteiger partial charge in [0.05, 0.1) is 11.1 Å². The smallest absolute Gasteiger partial charge is 0.138 e. The van der Waals surface area contributed by atoms with Crippen LogP contribution in [0.4, 0.5) is 0 Å². The van der Waals surface area contributed by atoms with Crippen LogP contribution in [0.2, 0.25) is 0 Å². The Labute approximate surface area is 177 Å². The molecule has 3 aromatic heterocycles. The summed E-state index contributed by atoms with van der Waals surface area (Å²) in [7, 11) is 0. The summed E-state index contributed by atoms with van der Waals surface area (Å²) in [5.41, 5.74) is 5.94. The van der Waals surface area contributed by atoms with Crippen LogP contribution in [0.3, 0.4) is 0 Å². The van der Waals surface area contributed by atoms with Gasteiger partial charge in [0.2, 0.25) is 0 Å². The topological polar surface area (TPSA) is 42.1 Å². The van der Waals surface area contributed by atoms with Crippen molar-refractivity contribution >= 4 is 43.7 Å². The maximum atomic E-state index is 6.33. The lowest BCUT2D eigenvalue weighted by Crippen LogP contribution is -1.85. The predicted molar refractivity (Wildman–Crippen MR) is 126 cm³/mol. The highest BCUT2D eigenvalue weighted by atomic mass is 16.3. The van der Waals surface area contributed by atoms with Gasteiger partial charge in [0, 0.05) is 32.6 Å². The van der Waals surface area contributed by atoms with E-state index < -0.39 is 0 Å². The quantitative estimate of drug-likeness (QED) is 0.319. The van der Waals surface area contributed by atoms with Crippen LogP contribution >= 0.6 is 0 Å². The molecule has 0 aliphatic heterocycles. The molecule has 0 aliphatic carbocycles. The van der Waals surface area contributed by atoms with Crippen molar-refractivity contribution in [3.05, 3.63) is 97.1 Å². The van der Waals surface area contributed by atoms with Crippen molar-refractivity contribution < 1.29 is 8.83 Å². The Hall–Kier alpha value is -4.24. The maximum Gasteiger partial charge on any atom is 0.138 e. The third-order valence-corrected chi connectivity index (χ3v) is 6.05. The zero-order chi connectivity index (χ0) is 20.4. The Morgan fingerprint density at radius 2 is 1.19 bits per heavy atom. The van der Waals surface area contributed by atoms with E-state index in [4.69, 9.17) is 8.83 Å². The van der Waals surface area contributed by atoms with Crippen LogP contribution < -0.4 is 0 Å². The summed E-state index contributed by atoms with van der Waals surface area (Å²) in [6, 6.07) is 33.1. The van der Waals surface area contributed by atoms with E-state index >= 15 is 0 Å². The average Bonchev–Trinajstić information content (AvgIpc) is 3.52. The lowest BCUT2D eigenvalue weighted by Gasteiger charge is -2.07. The molecule has 0 spiro atoms. The van der Waals surface area contributed by atoms with E-state index in [1.807, 2.05) is 36.4 Å². The molecule has 3 nitrogen and oxygen atoms in total. The van der Waals surface area contributed by atoms with Gasteiger partial charge in [-0.15, -0.1) is 0 Å². The lowest BCUT2D eigenvalue weighted by molar-refractivity contribution is 0.624. The standard InChI is InChI=1S/C28H17NO2/c1-5-11-23-17(7-1)15-25(30-23)21-14-13-20-19-9-3-4-10-22(19)29-28(20)27(21)26-16-18-8-2-6-12-24(18)31-26/h1-16,29H. The van der Waals surface area contributed by atoms with Crippen LogP contribution in [-0.4, -0.2) is 4.98 Å². The molecule has 0 unspecified atom stereocenters. The summed E-state index contributed by atoms with van der Waals surface area (Å²) >= 11 is 0. The van der Waals surface area contributed by atoms with Gasteiger partial charge in [-0.3, -0.25) is 0 Å². The van der Waals surface area contributed by atoms with Gasteiger partial charge >= 0.3 is 0 Å². The van der Waals surface area contributed by atoms with E-state index in [0.29, 0.717) is 0 Å². The van der Waals surface area contributed by atoms with Crippen LogP contribution in [0.25, 0.3) is 66.4 Å². The molecule has 0 atom stereocenters. The Morgan fingerprint density at radius 1 is 0.548 bits per heavy atom. The molecule has 7 aromatic rings. The van der Waals surface area contributed by atoms with Crippen LogP contribution in [0.5, 0.6) is 0 Å². The molecule has 0 saturated heterocycles. The number of hydrogen-bond acceptors (Lipinski definition) is 2. The van der Waals surface area contributed by atoms with Crippen molar-refractivity contribution in [2.24, 2.45) is 0 Å². The van der Waals surface area contributed by atoms with Crippen molar-refractivity contribution in [3.63, 3.8) is 0 Å². The molecule has 0 bridgehead atoms. The fourth-order valence-corrected chi connectivity index (χ4v) is 4.60. The second-order valence-corrected chi connectivity index (χ2v) is 7.88. The van der Waals surface area contributed by atoms with Gasteiger partial charge in [-0.1, -0.05) is 60.7 Å². The second kappa shape index (κ2) is 6.13. The first-order valence-electron chi connectivity index (χ1n) is 10.4. The molecule has 1 N–H and O–H groups in total. The number of furan rings is 2. The maximum absolute atomic E-state index is 6.33. The molecule has 31 heavy (non-hydrogen) atoms. The summed E-state index contributed by atoms with van der Waals surface area (Å²) in [5, 5.41) is 4.54. The van der Waals surface area contributed by atoms with E-state index in [2.05, 4.69) is 65.6 Å². The summed E-state index contributed by atoms with van der Waals surface area (Å²) in [6.07, 6.45) is 0. The fourth-order valence-electron chi connectivity index (χ4n) is 4.60. The number of aromatic nitrogens is 1. The van der Waals surface area contributed by atoms with Crippen molar-refractivity contribution in [1.29, 1.82) is 0 Å². The van der Waals surface area contributed by atoms with Gasteiger partial charge in [0.15, 0.2) is 0 Å². The minimum absolute atomic E-state index is 0.828. The summed E-state index contributed by atoms with van der Waals surface area (Å²) in [5.74, 6) is 1.66. The third-order valence-electron chi connectivity index (χ3n) is 6.05. The number of aromatic amines is 1. The molecule has 3 heteroatoms. The van der Waals surface area contributed by atoms with Gasteiger partial charge < -0.3 is 13.8 Å². The first kappa shape index (κ1) is 16.5. The molecule has 7 rings (SSSR count). The number of rotatable bonds is 2. The van der Waals surface area contributed by atoms with Gasteiger partial charge in [-0.05, 0) is 36.4 Å². The van der Waals surface area contributed by atoms with Crippen molar-refractivity contribution in [2.75, 3.05) is 0 Å². The van der Waals surface area contributed by atoms with E-state index in [1.54, 1.807) is 0 Å². The molecule has 3 heterocycles. The number of hydrogen-bond donors (Lipinski definition) is 1. The van der Waals surface area contributed by atoms with Crippen LogP contribution in [0.15, 0.2) is 106 Å². The highest BCUT2D eigenvalue weighted by Gasteiger charge is 2.20. The number of benzene rings is 4. The second-order valence-electron chi connectivity index (χ2n) is 7.88. The van der Waals surface area contributed by atoms with Crippen LogP contribution in [0.1, 0.15) is 0 Å². The molecule has 4 aromatic carbocycles. The van der Waals surface area contributed by atoms with E-state index in [1.165, 1.54) is 10.8 Å². The molecule has 0 amide bonds. The predicted octanol–water partition coefficient (Wildman–Crippen LogP) is 8.15. The number of para-hydroxylation sites is 3. The van der Waals surface area contributed by atoms with E-state index in [-0.39, 0.29) is 0 Å². The normalized spacial score (nSPS) is 11.9. The van der Waals surface area contributed by atoms with Crippen LogP contribution in [-0.2, 0) is 0 Å². The molecular weight excluding hydrogens is 382 g/mol. The summed E-state index contributed by atoms with van der Waals surface area (Å²) in [6.45, 7) is 0. The molecular formula is C28H17NO2. The number of nitrogens with one attached hydrogen (secondary N) is 1. The van der Waals surface area contributed by atoms with E-state index in [0.717, 1.165) is 55.6 Å². The summed E-state index contributed by atoms with van der Waals surface area (Å²) in [4.78, 5) is 3.63. The minimum atomic E-state index is 0.828. The Balaban J connectivity index is 1.61. The SMILES string of the molecule is c1ccc2oc(-c3ccc4c([nH]c5ccccc54)c3-c3cc4ccccc4o3)cc2c1. The van der Waals surface area contributed by atoms with E-state index in [9.17, 15) is 0 Å². The highest BCUT2D eigenvalue weighted by Crippen LogP contribution is 2.43. The molecule has 0 saturated carbocycles. The zero-order valence-electron chi connectivity index (χ0n) is 16.6. The fraction of sp³-hybridized carbons (Fsp3) is 0. The highest BCUT2D eigenvalue weighted by molar-refractivity contribution is 6.14. The average molecular weight is 399 g/mol. The minimum Gasteiger partial charge on any atom is -0.456 e. The van der Waals surface area contributed by atoms with Crippen LogP contribution in [0, 0.1) is 0 Å².